The SMILES string of the molecule is Cc1cccc(Nc2nnc(S[C@@H](C)C(=O)NC(=O)NC(C)C)s2)c1. The Balaban J connectivity index is 1.89. The molecule has 1 atom stereocenters. The average Bonchev–Trinajstić information content (AvgIpc) is 2.93. The van der Waals surface area contributed by atoms with Gasteiger partial charge in [0, 0.05) is 11.7 Å². The van der Waals surface area contributed by atoms with Gasteiger partial charge in [-0.2, -0.15) is 0 Å². The van der Waals surface area contributed by atoms with Gasteiger partial charge < -0.3 is 10.6 Å². The second-order valence-electron chi connectivity index (χ2n) is 5.75. The zero-order valence-electron chi connectivity index (χ0n) is 14.5. The molecule has 2 rings (SSSR count). The van der Waals surface area contributed by atoms with E-state index in [1.54, 1.807) is 6.92 Å². The number of nitrogens with zero attached hydrogens (tertiary/aromatic N) is 2. The molecule has 9 heteroatoms. The van der Waals surface area contributed by atoms with Crippen molar-refractivity contribution in [1.29, 1.82) is 0 Å². The Morgan fingerprint density at radius 1 is 1.20 bits per heavy atom. The number of carbonyl (C=O) groups excluding carboxylic acids is 2. The van der Waals surface area contributed by atoms with Gasteiger partial charge in [-0.05, 0) is 45.4 Å². The Hall–Kier alpha value is -2.13. The Labute approximate surface area is 155 Å². The van der Waals surface area contributed by atoms with Gasteiger partial charge in [-0.15, -0.1) is 10.2 Å². The summed E-state index contributed by atoms with van der Waals surface area (Å²) in [4.78, 5) is 23.6. The van der Waals surface area contributed by atoms with Crippen LogP contribution < -0.4 is 16.0 Å². The number of hydrogen-bond donors (Lipinski definition) is 3. The summed E-state index contributed by atoms with van der Waals surface area (Å²) in [5.74, 6) is -0.369. The minimum absolute atomic E-state index is 0.0332. The minimum Gasteiger partial charge on any atom is -0.336 e. The van der Waals surface area contributed by atoms with Gasteiger partial charge in [0.05, 0.1) is 5.25 Å². The van der Waals surface area contributed by atoms with Crippen molar-refractivity contribution in [2.45, 2.75) is 43.3 Å². The highest BCUT2D eigenvalue weighted by atomic mass is 32.2. The van der Waals surface area contributed by atoms with Crippen LogP contribution in [0.15, 0.2) is 28.6 Å². The second-order valence-corrected chi connectivity index (χ2v) is 8.31. The number of anilines is 2. The zero-order chi connectivity index (χ0) is 18.4. The van der Waals surface area contributed by atoms with Crippen molar-refractivity contribution in [2.24, 2.45) is 0 Å². The van der Waals surface area contributed by atoms with Gasteiger partial charge in [0.1, 0.15) is 0 Å². The number of nitrogens with one attached hydrogen (secondary N) is 3. The van der Waals surface area contributed by atoms with Crippen molar-refractivity contribution in [3.8, 4) is 0 Å². The van der Waals surface area contributed by atoms with Gasteiger partial charge in [-0.25, -0.2) is 4.79 Å². The molecule has 0 bridgehead atoms. The number of rotatable bonds is 6. The first-order valence-corrected chi connectivity index (χ1v) is 9.48. The fourth-order valence-electron chi connectivity index (χ4n) is 1.87. The molecule has 0 saturated heterocycles. The smallest absolute Gasteiger partial charge is 0.321 e. The first kappa shape index (κ1) is 19.2. The fraction of sp³-hybridized carbons (Fsp3) is 0.375. The van der Waals surface area contributed by atoms with E-state index in [-0.39, 0.29) is 11.9 Å². The molecule has 0 radical (unpaired) electrons. The van der Waals surface area contributed by atoms with Crippen LogP contribution in [0, 0.1) is 6.92 Å². The number of aryl methyl sites for hydroxylation is 1. The van der Waals surface area contributed by atoms with E-state index >= 15 is 0 Å². The molecular formula is C16H21N5O2S2. The highest BCUT2D eigenvalue weighted by Gasteiger charge is 2.19. The molecule has 0 spiro atoms. The van der Waals surface area contributed by atoms with Crippen LogP contribution in [0.4, 0.5) is 15.6 Å². The van der Waals surface area contributed by atoms with E-state index in [1.165, 1.54) is 23.1 Å². The maximum absolute atomic E-state index is 12.0. The van der Waals surface area contributed by atoms with Crippen molar-refractivity contribution in [3.63, 3.8) is 0 Å². The average molecular weight is 380 g/mol. The monoisotopic (exact) mass is 379 g/mol. The van der Waals surface area contributed by atoms with Gasteiger partial charge in [0.2, 0.25) is 11.0 Å². The number of benzene rings is 1. The van der Waals surface area contributed by atoms with E-state index in [0.717, 1.165) is 11.3 Å². The van der Waals surface area contributed by atoms with Crippen LogP contribution in [0.25, 0.3) is 0 Å². The molecule has 0 aliphatic heterocycles. The normalized spacial score (nSPS) is 11.9. The lowest BCUT2D eigenvalue weighted by atomic mass is 10.2. The fourth-order valence-corrected chi connectivity index (χ4v) is 3.79. The molecule has 0 saturated carbocycles. The standard InChI is InChI=1S/C16H21N5O2S2/c1-9(2)17-14(23)19-13(22)11(4)24-16-21-20-15(25-16)18-12-7-5-6-10(3)8-12/h5-9,11H,1-4H3,(H,18,20)(H2,17,19,22,23)/t11-/m0/s1. The zero-order valence-corrected chi connectivity index (χ0v) is 16.1. The largest absolute Gasteiger partial charge is 0.336 e. The molecule has 1 aromatic heterocycles. The van der Waals surface area contributed by atoms with E-state index in [2.05, 4.69) is 26.1 Å². The molecular weight excluding hydrogens is 358 g/mol. The minimum atomic E-state index is -0.494. The number of amides is 3. The summed E-state index contributed by atoms with van der Waals surface area (Å²) in [5.41, 5.74) is 2.08. The topological polar surface area (TPSA) is 96.0 Å². The van der Waals surface area contributed by atoms with E-state index < -0.39 is 11.3 Å². The van der Waals surface area contributed by atoms with Gasteiger partial charge in [-0.1, -0.05) is 35.2 Å². The Kier molecular flexibility index (Phi) is 6.77. The first-order chi connectivity index (χ1) is 11.8. The predicted molar refractivity (Wildman–Crippen MR) is 102 cm³/mol. The summed E-state index contributed by atoms with van der Waals surface area (Å²) < 4.78 is 0.655. The molecule has 2 aromatic rings. The van der Waals surface area contributed by atoms with E-state index in [4.69, 9.17) is 0 Å². The van der Waals surface area contributed by atoms with Crippen LogP contribution in [0.5, 0.6) is 0 Å². The van der Waals surface area contributed by atoms with Gasteiger partial charge >= 0.3 is 6.03 Å². The third kappa shape index (κ3) is 6.35. The first-order valence-electron chi connectivity index (χ1n) is 7.78. The van der Waals surface area contributed by atoms with E-state index in [1.807, 2.05) is 45.0 Å². The molecule has 7 nitrogen and oxygen atoms in total. The summed E-state index contributed by atoms with van der Waals surface area (Å²) in [6.45, 7) is 7.39. The van der Waals surface area contributed by atoms with Crippen molar-refractivity contribution in [1.82, 2.24) is 20.8 Å². The summed E-state index contributed by atoms with van der Waals surface area (Å²) >= 11 is 2.62. The van der Waals surface area contributed by atoms with Crippen LogP contribution >= 0.6 is 23.1 Å². The van der Waals surface area contributed by atoms with Crippen molar-refractivity contribution in [2.75, 3.05) is 5.32 Å². The van der Waals surface area contributed by atoms with Gasteiger partial charge in [-0.3, -0.25) is 10.1 Å². The molecule has 134 valence electrons. The molecule has 1 heterocycles. The summed E-state index contributed by atoms with van der Waals surface area (Å²) in [7, 11) is 0. The van der Waals surface area contributed by atoms with Crippen LogP contribution in [-0.2, 0) is 4.79 Å². The molecule has 3 N–H and O–H groups in total. The lowest BCUT2D eigenvalue weighted by Gasteiger charge is -2.11. The van der Waals surface area contributed by atoms with Gasteiger partial charge in [0.25, 0.3) is 0 Å². The predicted octanol–water partition coefficient (Wildman–Crippen LogP) is 3.30. The van der Waals surface area contributed by atoms with Crippen molar-refractivity contribution in [3.05, 3.63) is 29.8 Å². The third-order valence-corrected chi connectivity index (χ3v) is 5.00. The third-order valence-electron chi connectivity index (χ3n) is 2.98. The van der Waals surface area contributed by atoms with Crippen molar-refractivity contribution >= 4 is 45.9 Å². The Bertz CT molecular complexity index is 748. The number of hydrogen-bond acceptors (Lipinski definition) is 7. The Morgan fingerprint density at radius 3 is 2.64 bits per heavy atom. The highest BCUT2D eigenvalue weighted by Crippen LogP contribution is 2.30. The van der Waals surface area contributed by atoms with Crippen LogP contribution in [0.2, 0.25) is 0 Å². The summed E-state index contributed by atoms with van der Waals surface area (Å²) in [6.07, 6.45) is 0. The summed E-state index contributed by atoms with van der Waals surface area (Å²) in [6, 6.07) is 7.41. The van der Waals surface area contributed by atoms with Crippen LogP contribution in [-0.4, -0.2) is 33.4 Å². The molecule has 25 heavy (non-hydrogen) atoms. The second kappa shape index (κ2) is 8.82. The molecule has 3 amide bonds. The van der Waals surface area contributed by atoms with Gasteiger partial charge in [0.15, 0.2) is 4.34 Å². The molecule has 0 aliphatic carbocycles. The number of imide groups is 1. The Morgan fingerprint density at radius 2 is 1.96 bits per heavy atom. The maximum atomic E-state index is 12.0. The summed E-state index contributed by atoms with van der Waals surface area (Å²) in [5, 5.41) is 16.5. The lowest BCUT2D eigenvalue weighted by molar-refractivity contribution is -0.119. The lowest BCUT2D eigenvalue weighted by Crippen LogP contribution is -2.45. The molecule has 0 aliphatic rings. The number of thioether (sulfide) groups is 1. The molecule has 1 aromatic carbocycles. The highest BCUT2D eigenvalue weighted by molar-refractivity contribution is 8.02. The number of urea groups is 1. The molecule has 0 unspecified atom stereocenters. The van der Waals surface area contributed by atoms with E-state index in [0.29, 0.717) is 9.47 Å². The van der Waals surface area contributed by atoms with Crippen LogP contribution in [0.1, 0.15) is 26.3 Å². The number of carbonyl (C=O) groups is 2. The van der Waals surface area contributed by atoms with Crippen LogP contribution in [0.3, 0.4) is 0 Å². The van der Waals surface area contributed by atoms with E-state index in [9.17, 15) is 9.59 Å². The quantitative estimate of drug-likeness (QED) is 0.667. The number of aromatic nitrogens is 2. The maximum Gasteiger partial charge on any atom is 0.321 e. The van der Waals surface area contributed by atoms with Crippen molar-refractivity contribution < 1.29 is 9.59 Å². The molecule has 0 fully saturated rings.